The van der Waals surface area contributed by atoms with E-state index in [1.807, 2.05) is 70.5 Å². The number of benzene rings is 2. The highest BCUT2D eigenvalue weighted by molar-refractivity contribution is 5.96. The number of likely N-dealkylation sites (tertiary alicyclic amines) is 2. The summed E-state index contributed by atoms with van der Waals surface area (Å²) in [6.07, 6.45) is 4.17. The zero-order valence-corrected chi connectivity index (χ0v) is 24.8. The van der Waals surface area contributed by atoms with Gasteiger partial charge in [-0.3, -0.25) is 9.59 Å². The fraction of sp³-hybridized carbons (Fsp3) is 0.471. The number of hydrogen-bond acceptors (Lipinski definition) is 6. The van der Waals surface area contributed by atoms with Crippen LogP contribution in [0.25, 0.3) is 0 Å². The van der Waals surface area contributed by atoms with Crippen LogP contribution in [0.5, 0.6) is 0 Å². The summed E-state index contributed by atoms with van der Waals surface area (Å²) in [4.78, 5) is 30.9. The zero-order valence-electron chi connectivity index (χ0n) is 24.8. The maximum absolute atomic E-state index is 13.7. The van der Waals surface area contributed by atoms with Gasteiger partial charge in [0.2, 0.25) is 0 Å². The number of hydrogen-bond donors (Lipinski definition) is 0. The standard InChI is InChI=1S/C34H42N4O4/c1-25(2)19-28-20-31(33(39)37-17-9-15-29(21-37)41-23-26-11-5-3-6-12-26)35-36-32(28)34(40)38-18-10-16-30(22-38)42-24-27-13-7-4-8-14-27/h3-8,11-14,20,25,29-30H,9-10,15-19,21-24H2,1-2H3/t29-,30+/m1/s1. The minimum Gasteiger partial charge on any atom is -0.372 e. The van der Waals surface area contributed by atoms with Gasteiger partial charge in [0.05, 0.1) is 25.4 Å². The molecule has 0 N–H and O–H groups in total. The van der Waals surface area contributed by atoms with E-state index >= 15 is 0 Å². The predicted octanol–water partition coefficient (Wildman–Crippen LogP) is 5.32. The number of ether oxygens (including phenoxy) is 2. The summed E-state index contributed by atoms with van der Waals surface area (Å²) in [5, 5.41) is 8.67. The number of piperidine rings is 2. The molecule has 2 aromatic carbocycles. The van der Waals surface area contributed by atoms with Crippen LogP contribution in [0, 0.1) is 5.92 Å². The summed E-state index contributed by atoms with van der Waals surface area (Å²) in [5.41, 5.74) is 3.64. The molecule has 2 amide bonds. The Hall–Kier alpha value is -3.62. The molecule has 8 heteroatoms. The lowest BCUT2D eigenvalue weighted by Crippen LogP contribution is -2.44. The topological polar surface area (TPSA) is 84.9 Å². The number of nitrogens with zero attached hydrogens (tertiary/aromatic N) is 4. The molecular weight excluding hydrogens is 528 g/mol. The van der Waals surface area contributed by atoms with E-state index in [0.717, 1.165) is 42.4 Å². The molecule has 2 saturated heterocycles. The third-order valence-corrected chi connectivity index (χ3v) is 7.91. The number of carbonyl (C=O) groups excluding carboxylic acids is 2. The first-order chi connectivity index (χ1) is 20.5. The van der Waals surface area contributed by atoms with Crippen molar-refractivity contribution in [2.45, 2.75) is 71.4 Å². The number of amides is 2. The van der Waals surface area contributed by atoms with Gasteiger partial charge >= 0.3 is 0 Å². The molecule has 0 spiro atoms. The molecule has 1 aromatic heterocycles. The molecule has 3 aromatic rings. The second kappa shape index (κ2) is 14.5. The van der Waals surface area contributed by atoms with Crippen molar-refractivity contribution in [3.63, 3.8) is 0 Å². The molecular formula is C34H42N4O4. The van der Waals surface area contributed by atoms with E-state index in [4.69, 9.17) is 9.47 Å². The Balaban J connectivity index is 1.23. The van der Waals surface area contributed by atoms with Gasteiger partial charge < -0.3 is 19.3 Å². The monoisotopic (exact) mass is 570 g/mol. The molecule has 2 fully saturated rings. The van der Waals surface area contributed by atoms with Gasteiger partial charge in [-0.15, -0.1) is 10.2 Å². The Kier molecular flexibility index (Phi) is 10.3. The number of rotatable bonds is 10. The van der Waals surface area contributed by atoms with Gasteiger partial charge in [0.1, 0.15) is 0 Å². The van der Waals surface area contributed by atoms with Crippen LogP contribution < -0.4 is 0 Å². The molecule has 0 aliphatic carbocycles. The zero-order chi connectivity index (χ0) is 29.3. The van der Waals surface area contributed by atoms with E-state index in [1.165, 1.54) is 0 Å². The molecule has 0 unspecified atom stereocenters. The van der Waals surface area contributed by atoms with Crippen LogP contribution in [-0.4, -0.2) is 70.2 Å². The van der Waals surface area contributed by atoms with Gasteiger partial charge in [-0.05, 0) is 60.8 Å². The SMILES string of the molecule is CC(C)Cc1cc(C(=O)N2CCC[C@@H](OCc3ccccc3)C2)nnc1C(=O)N1CCC[C@H](OCc2ccccc2)C1. The number of aromatic nitrogens is 2. The van der Waals surface area contributed by atoms with E-state index in [0.29, 0.717) is 51.5 Å². The lowest BCUT2D eigenvalue weighted by Gasteiger charge is -2.33. The van der Waals surface area contributed by atoms with E-state index in [2.05, 4.69) is 24.0 Å². The average molecular weight is 571 g/mol. The largest absolute Gasteiger partial charge is 0.372 e. The molecule has 8 nitrogen and oxygen atoms in total. The van der Waals surface area contributed by atoms with E-state index in [1.54, 1.807) is 6.07 Å². The molecule has 222 valence electrons. The minimum atomic E-state index is -0.160. The second-order valence-electron chi connectivity index (χ2n) is 11.8. The fourth-order valence-electron chi connectivity index (χ4n) is 5.72. The van der Waals surface area contributed by atoms with Crippen LogP contribution in [0.1, 0.15) is 77.2 Å². The van der Waals surface area contributed by atoms with Gasteiger partial charge in [-0.2, -0.15) is 0 Å². The van der Waals surface area contributed by atoms with Gasteiger partial charge in [-0.25, -0.2) is 0 Å². The molecule has 2 aliphatic heterocycles. The van der Waals surface area contributed by atoms with Crippen LogP contribution in [0.3, 0.4) is 0 Å². The Bertz CT molecular complexity index is 1320. The Labute approximate surface area is 249 Å². The first-order valence-corrected chi connectivity index (χ1v) is 15.2. The maximum atomic E-state index is 13.7. The Morgan fingerprint density at radius 1 is 0.786 bits per heavy atom. The summed E-state index contributed by atoms with van der Waals surface area (Å²) < 4.78 is 12.3. The molecule has 2 atom stereocenters. The molecule has 2 aliphatic rings. The summed E-state index contributed by atoms with van der Waals surface area (Å²) in [7, 11) is 0. The fourth-order valence-corrected chi connectivity index (χ4v) is 5.72. The van der Waals surface area contributed by atoms with Gasteiger partial charge in [0, 0.05) is 26.2 Å². The van der Waals surface area contributed by atoms with Gasteiger partial charge in [0.25, 0.3) is 11.8 Å². The van der Waals surface area contributed by atoms with Crippen LogP contribution in [0.2, 0.25) is 0 Å². The van der Waals surface area contributed by atoms with Crippen molar-refractivity contribution in [2.75, 3.05) is 26.2 Å². The molecule has 0 saturated carbocycles. The lowest BCUT2D eigenvalue weighted by atomic mass is 9.99. The quantitative estimate of drug-likeness (QED) is 0.328. The Morgan fingerprint density at radius 2 is 1.31 bits per heavy atom. The van der Waals surface area contributed by atoms with Crippen molar-refractivity contribution in [3.05, 3.63) is 94.8 Å². The number of carbonyl (C=O) groups is 2. The van der Waals surface area contributed by atoms with Gasteiger partial charge in [-0.1, -0.05) is 74.5 Å². The minimum absolute atomic E-state index is 0.0250. The van der Waals surface area contributed by atoms with Crippen LogP contribution >= 0.6 is 0 Å². The van der Waals surface area contributed by atoms with E-state index in [-0.39, 0.29) is 35.6 Å². The molecule has 3 heterocycles. The first kappa shape index (κ1) is 29.9. The van der Waals surface area contributed by atoms with Crippen molar-refractivity contribution < 1.29 is 19.1 Å². The highest BCUT2D eigenvalue weighted by Gasteiger charge is 2.30. The van der Waals surface area contributed by atoms with Crippen molar-refractivity contribution in [1.29, 1.82) is 0 Å². The second-order valence-corrected chi connectivity index (χ2v) is 11.8. The van der Waals surface area contributed by atoms with Gasteiger partial charge in [0.15, 0.2) is 11.4 Å². The van der Waals surface area contributed by atoms with E-state index < -0.39 is 0 Å². The third-order valence-electron chi connectivity index (χ3n) is 7.91. The third kappa shape index (κ3) is 8.01. The molecule has 0 radical (unpaired) electrons. The smallest absolute Gasteiger partial charge is 0.274 e. The molecule has 5 rings (SSSR count). The summed E-state index contributed by atoms with van der Waals surface area (Å²) in [5.74, 6) is -0.0119. The van der Waals surface area contributed by atoms with E-state index in [9.17, 15) is 9.59 Å². The Morgan fingerprint density at radius 3 is 1.83 bits per heavy atom. The maximum Gasteiger partial charge on any atom is 0.274 e. The first-order valence-electron chi connectivity index (χ1n) is 15.2. The summed E-state index contributed by atoms with van der Waals surface area (Å²) >= 11 is 0. The van der Waals surface area contributed by atoms with Crippen molar-refractivity contribution >= 4 is 11.8 Å². The van der Waals surface area contributed by atoms with Crippen molar-refractivity contribution in [2.24, 2.45) is 5.92 Å². The molecule has 0 bridgehead atoms. The normalized spacial score (nSPS) is 19.2. The van der Waals surface area contributed by atoms with Crippen molar-refractivity contribution in [1.82, 2.24) is 20.0 Å². The summed E-state index contributed by atoms with van der Waals surface area (Å²) in [6, 6.07) is 21.9. The molecule has 42 heavy (non-hydrogen) atoms. The predicted molar refractivity (Wildman–Crippen MR) is 161 cm³/mol. The van der Waals surface area contributed by atoms with Crippen molar-refractivity contribution in [3.8, 4) is 0 Å². The average Bonchev–Trinajstić information content (AvgIpc) is 3.03. The van der Waals surface area contributed by atoms with Crippen LogP contribution in [0.4, 0.5) is 0 Å². The summed E-state index contributed by atoms with van der Waals surface area (Å²) in [6.45, 7) is 7.61. The van der Waals surface area contributed by atoms with Crippen LogP contribution in [0.15, 0.2) is 66.7 Å². The highest BCUT2D eigenvalue weighted by atomic mass is 16.5. The van der Waals surface area contributed by atoms with Crippen LogP contribution in [-0.2, 0) is 29.1 Å². The lowest BCUT2D eigenvalue weighted by molar-refractivity contribution is -0.00721. The highest BCUT2D eigenvalue weighted by Crippen LogP contribution is 2.22.